The monoisotopic (exact) mass is 1100 g/mol. The maximum atomic E-state index is 13.3. The molecule has 2 atom stereocenters. The van der Waals surface area contributed by atoms with E-state index in [0.29, 0.717) is 6.61 Å². The quantitative estimate of drug-likeness (QED) is 0.0395. The molecule has 36 heteroatoms. The van der Waals surface area contributed by atoms with Gasteiger partial charge in [-0.1, -0.05) is 0 Å². The molecule has 0 amide bonds. The van der Waals surface area contributed by atoms with Crippen molar-refractivity contribution >= 4 is 24.4 Å². The molecule has 0 aromatic heterocycles. The molecule has 0 aromatic carbocycles. The number of halogens is 28. The van der Waals surface area contributed by atoms with Crippen LogP contribution in [0.1, 0.15) is 45.4 Å². The number of hydrogen-bond donors (Lipinski definition) is 3. The predicted octanol–water partition coefficient (Wildman–Crippen LogP) is 9.09. The van der Waals surface area contributed by atoms with Crippen LogP contribution in [0.3, 0.4) is 0 Å². The minimum Gasteiger partial charge on any atom is -0.397 e. The van der Waals surface area contributed by atoms with E-state index < -0.39 is 147 Å². The molecule has 66 heavy (non-hydrogen) atoms. The molecule has 0 radical (unpaired) electrons. The van der Waals surface area contributed by atoms with E-state index in [1.165, 1.54) is 0 Å². The van der Waals surface area contributed by atoms with Crippen molar-refractivity contribution in [3.8, 4) is 0 Å². The number of epoxide rings is 1. The van der Waals surface area contributed by atoms with Gasteiger partial charge in [0.1, 0.15) is 6.10 Å². The Labute approximate surface area is 387 Å². The number of rotatable bonds is 19. The molecule has 1 saturated heterocycles. The van der Waals surface area contributed by atoms with E-state index in [-0.39, 0.29) is 67.2 Å². The van der Waals surface area contributed by atoms with E-state index >= 15 is 0 Å². The zero-order valence-corrected chi connectivity index (χ0v) is 37.0. The first-order valence-corrected chi connectivity index (χ1v) is 19.0. The van der Waals surface area contributed by atoms with Crippen molar-refractivity contribution in [1.29, 1.82) is 0 Å². The van der Waals surface area contributed by atoms with E-state index in [1.807, 2.05) is 0 Å². The number of ether oxygens (including phenoxy) is 3. The third-order valence-corrected chi connectivity index (χ3v) is 8.93. The number of aliphatic hydroxyl groups excluding tert-OH is 2. The number of aliphatic hydroxyl groups is 2. The summed E-state index contributed by atoms with van der Waals surface area (Å²) in [6.07, 6.45) is -59.8. The number of hydrogen-bond acceptors (Lipinski definition) is 7. The Balaban J connectivity index is -0.000000462. The Morgan fingerprint density at radius 2 is 0.803 bits per heavy atom. The van der Waals surface area contributed by atoms with E-state index in [9.17, 15) is 128 Å². The van der Waals surface area contributed by atoms with Crippen molar-refractivity contribution in [2.75, 3.05) is 56.9 Å². The first-order chi connectivity index (χ1) is 28.7. The van der Waals surface area contributed by atoms with E-state index in [4.69, 9.17) is 14.6 Å². The Morgan fingerprint density at radius 1 is 0.530 bits per heavy atom. The Bertz CT molecular complexity index is 1240. The van der Waals surface area contributed by atoms with Crippen molar-refractivity contribution in [3.05, 3.63) is 0 Å². The molecule has 1 aliphatic rings. The van der Waals surface area contributed by atoms with Crippen LogP contribution in [0.15, 0.2) is 0 Å². The van der Waals surface area contributed by atoms with Gasteiger partial charge in [0.05, 0.1) is 25.9 Å². The minimum atomic E-state index is -6.24. The molecule has 0 aliphatic carbocycles. The molecule has 5 nitrogen and oxygen atoms in total. The van der Waals surface area contributed by atoms with Crippen LogP contribution in [0, 0.1) is 0 Å². The summed E-state index contributed by atoms with van der Waals surface area (Å²) in [6.45, 7) is 0.464. The van der Waals surface area contributed by atoms with Crippen LogP contribution < -0.4 is 29.6 Å². The van der Waals surface area contributed by atoms with Gasteiger partial charge in [0.2, 0.25) is 0 Å². The summed E-state index contributed by atoms with van der Waals surface area (Å²) in [6, 6.07) is 0. The minimum absolute atomic E-state index is 0. The summed E-state index contributed by atoms with van der Waals surface area (Å²) >= 11 is 3.41. The van der Waals surface area contributed by atoms with Crippen LogP contribution in [0.5, 0.6) is 0 Å². The number of thioether (sulfide) groups is 1. The maximum Gasteiger partial charge on any atom is 1.00 e. The van der Waals surface area contributed by atoms with Crippen LogP contribution in [-0.2, 0) is 14.2 Å². The normalized spacial score (nSPS) is 16.5. The van der Waals surface area contributed by atoms with Gasteiger partial charge in [-0.2, -0.15) is 130 Å². The van der Waals surface area contributed by atoms with Crippen LogP contribution in [0.2, 0.25) is 0 Å². The molecule has 396 valence electrons. The summed E-state index contributed by atoms with van der Waals surface area (Å²) < 4.78 is 356. The molecule has 1 aliphatic heterocycles. The van der Waals surface area contributed by atoms with E-state index in [1.54, 1.807) is 6.92 Å². The van der Waals surface area contributed by atoms with Crippen molar-refractivity contribution in [1.82, 2.24) is 0 Å². The van der Waals surface area contributed by atoms with Gasteiger partial charge in [0, 0.05) is 51.3 Å². The molecular formula is C30H38F28NaO5S2+. The third-order valence-electron chi connectivity index (χ3n) is 7.59. The molecule has 0 spiro atoms. The van der Waals surface area contributed by atoms with Crippen molar-refractivity contribution in [2.24, 2.45) is 0 Å². The van der Waals surface area contributed by atoms with Gasteiger partial charge in [-0.25, -0.2) is 17.6 Å². The van der Waals surface area contributed by atoms with E-state index in [0.717, 1.165) is 0 Å². The van der Waals surface area contributed by atoms with Crippen molar-refractivity contribution < 1.29 is 177 Å². The standard InChI is InChI=1S/C14H16F14O2S.C9H11F7O2.C5H5F7S.C2H6O.Na/c15-9(11(17,18)19,12(20,21)22)2-1-4-30-6-8(29)7-31-5-3-10(16,13(23,24)25)14(26,27)28;10-7(8(11,12)13,9(14,15)16)2-1-3-17-4-6-5-18-6;6-3(1-2-13,4(7,8)9)5(10,11)12;1-2-3;/h8,29H,1-7H2;6H,1-5H2;13H,1-2H2;3H,2H2,1H3;/q;;;;+1. The van der Waals surface area contributed by atoms with Gasteiger partial charge in [0.15, 0.2) is 0 Å². The third kappa shape index (κ3) is 22.7. The molecule has 0 aromatic rings. The summed E-state index contributed by atoms with van der Waals surface area (Å²) in [5.74, 6) is -2.45. The fraction of sp³-hybridized carbons (Fsp3) is 1.00. The fourth-order valence-electron chi connectivity index (χ4n) is 3.85. The molecule has 0 saturated carbocycles. The Kier molecular flexibility index (Phi) is 30.5. The zero-order valence-electron chi connectivity index (χ0n) is 33.3. The molecular weight excluding hydrogens is 1060 g/mol. The predicted molar refractivity (Wildman–Crippen MR) is 173 cm³/mol. The summed E-state index contributed by atoms with van der Waals surface area (Å²) in [4.78, 5) is 0. The topological polar surface area (TPSA) is 71.5 Å². The number of thiol groups is 1. The molecule has 1 fully saturated rings. The first-order valence-electron chi connectivity index (χ1n) is 17.2. The molecule has 2 unspecified atom stereocenters. The summed E-state index contributed by atoms with van der Waals surface area (Å²) in [5, 5.41) is 17.0. The maximum absolute atomic E-state index is 13.3. The van der Waals surface area contributed by atoms with Crippen LogP contribution >= 0.6 is 24.4 Å². The van der Waals surface area contributed by atoms with Gasteiger partial charge >= 0.3 is 79.0 Å². The molecule has 0 bridgehead atoms. The van der Waals surface area contributed by atoms with Gasteiger partial charge in [-0.3, -0.25) is 0 Å². The van der Waals surface area contributed by atoms with Gasteiger partial charge < -0.3 is 24.4 Å². The molecule has 1 heterocycles. The number of alkyl halides is 28. The molecule has 2 N–H and O–H groups in total. The second-order valence-corrected chi connectivity index (χ2v) is 14.4. The SMILES string of the molecule is CCO.FC(F)(F)C(F)(CCCOCC1CO1)C(F)(F)F.FC(F)(F)C(F)(CCS)C(F)(F)F.OC(COCCCC(F)(C(F)(F)F)C(F)(F)F)CSCCC(F)(C(F)(F)F)C(F)(F)F.[Na+]. The van der Waals surface area contributed by atoms with Gasteiger partial charge in [-0.05, 0) is 31.3 Å². The smallest absolute Gasteiger partial charge is 0.397 e. The summed E-state index contributed by atoms with van der Waals surface area (Å²) in [5.41, 5.74) is -21.3. The van der Waals surface area contributed by atoms with Crippen LogP contribution in [0.25, 0.3) is 0 Å². The zero-order chi connectivity index (χ0) is 52.6. The van der Waals surface area contributed by atoms with Gasteiger partial charge in [-0.15, -0.1) is 0 Å². The second-order valence-electron chi connectivity index (χ2n) is 12.8. The van der Waals surface area contributed by atoms with Crippen LogP contribution in [0.4, 0.5) is 123 Å². The summed E-state index contributed by atoms with van der Waals surface area (Å²) in [7, 11) is 0. The van der Waals surface area contributed by atoms with Crippen molar-refractivity contribution in [2.45, 2.75) is 130 Å². The van der Waals surface area contributed by atoms with Crippen molar-refractivity contribution in [3.63, 3.8) is 0 Å². The fourth-order valence-corrected chi connectivity index (χ4v) is 5.11. The van der Waals surface area contributed by atoms with Crippen LogP contribution in [-0.4, -0.2) is 151 Å². The Hall–Kier alpha value is -0.460. The average molecular weight is 1100 g/mol. The average Bonchev–Trinajstić information content (AvgIpc) is 3.91. The second kappa shape index (κ2) is 28.0. The van der Waals surface area contributed by atoms with Gasteiger partial charge in [0.25, 0.3) is 22.7 Å². The largest absolute Gasteiger partial charge is 1.00 e. The van der Waals surface area contributed by atoms with E-state index in [2.05, 4.69) is 17.4 Å². The Morgan fingerprint density at radius 3 is 1.06 bits per heavy atom. The first kappa shape index (κ1) is 72.1. The molecule has 1 rings (SSSR count).